The van der Waals surface area contributed by atoms with Crippen LogP contribution in [0.1, 0.15) is 33.6 Å². The highest BCUT2D eigenvalue weighted by Gasteiger charge is 2.72. The van der Waals surface area contributed by atoms with Gasteiger partial charge in [-0.25, -0.2) is 4.79 Å². The molecule has 19 heavy (non-hydrogen) atoms. The van der Waals surface area contributed by atoms with Gasteiger partial charge >= 0.3 is 5.97 Å². The van der Waals surface area contributed by atoms with Crippen LogP contribution < -0.4 is 0 Å². The molecule has 0 radical (unpaired) electrons. The van der Waals surface area contributed by atoms with Crippen molar-refractivity contribution in [3.8, 4) is 0 Å². The zero-order chi connectivity index (χ0) is 13.5. The summed E-state index contributed by atoms with van der Waals surface area (Å²) in [4.78, 5) is 11.8. The monoisotopic (exact) mass is 262 g/mol. The van der Waals surface area contributed by atoms with E-state index in [9.17, 15) is 9.90 Å². The Morgan fingerprint density at radius 2 is 2.05 bits per heavy atom. The van der Waals surface area contributed by atoms with Crippen molar-refractivity contribution in [3.05, 3.63) is 22.3 Å². The molecular formula is C15H18O4. The summed E-state index contributed by atoms with van der Waals surface area (Å²) in [6, 6.07) is 0. The highest BCUT2D eigenvalue weighted by molar-refractivity contribution is 5.92. The van der Waals surface area contributed by atoms with Gasteiger partial charge in [0.05, 0.1) is 5.92 Å². The average Bonchev–Trinajstić information content (AvgIpc) is 2.94. The van der Waals surface area contributed by atoms with E-state index in [0.29, 0.717) is 0 Å². The van der Waals surface area contributed by atoms with Crippen LogP contribution in [0.4, 0.5) is 0 Å². The Labute approximate surface area is 112 Å². The van der Waals surface area contributed by atoms with Crippen LogP contribution in [0.15, 0.2) is 22.3 Å². The van der Waals surface area contributed by atoms with E-state index in [0.717, 1.165) is 29.6 Å². The SMILES string of the molecule is CC1=C2[C@@H](O)[C@H]3O[C@@]3(C)[C@H]2[C@@H]2OC(=O)C(C)=C2CC1. The van der Waals surface area contributed by atoms with Gasteiger partial charge < -0.3 is 14.6 Å². The number of hydrogen-bond acceptors (Lipinski definition) is 4. The van der Waals surface area contributed by atoms with Crippen LogP contribution in [0.2, 0.25) is 0 Å². The molecule has 0 amide bonds. The Kier molecular flexibility index (Phi) is 2.03. The second kappa shape index (κ2) is 3.30. The van der Waals surface area contributed by atoms with Gasteiger partial charge in [-0.2, -0.15) is 0 Å². The molecule has 0 aromatic heterocycles. The summed E-state index contributed by atoms with van der Waals surface area (Å²) in [7, 11) is 0. The third kappa shape index (κ3) is 1.24. The zero-order valence-electron chi connectivity index (χ0n) is 11.4. The maximum Gasteiger partial charge on any atom is 0.334 e. The molecule has 2 heterocycles. The molecule has 2 aliphatic heterocycles. The van der Waals surface area contributed by atoms with Gasteiger partial charge in [0, 0.05) is 5.57 Å². The molecule has 102 valence electrons. The number of ether oxygens (including phenoxy) is 2. The normalized spacial score (nSPS) is 47.7. The Balaban J connectivity index is 1.87. The molecule has 1 saturated heterocycles. The number of epoxide rings is 1. The smallest absolute Gasteiger partial charge is 0.334 e. The molecule has 0 bridgehead atoms. The van der Waals surface area contributed by atoms with Crippen LogP contribution in [-0.4, -0.2) is 35.0 Å². The minimum absolute atomic E-state index is 0.00796. The lowest BCUT2D eigenvalue weighted by Gasteiger charge is -2.27. The van der Waals surface area contributed by atoms with Crippen LogP contribution >= 0.6 is 0 Å². The zero-order valence-corrected chi connectivity index (χ0v) is 11.4. The van der Waals surface area contributed by atoms with Crippen molar-refractivity contribution in [1.82, 2.24) is 0 Å². The molecule has 4 nitrogen and oxygen atoms in total. The van der Waals surface area contributed by atoms with Crippen molar-refractivity contribution in [2.75, 3.05) is 0 Å². The third-order valence-corrected chi connectivity index (χ3v) is 5.38. The predicted molar refractivity (Wildman–Crippen MR) is 67.3 cm³/mol. The van der Waals surface area contributed by atoms with E-state index in [4.69, 9.17) is 9.47 Å². The number of rotatable bonds is 0. The van der Waals surface area contributed by atoms with E-state index in [1.165, 1.54) is 5.57 Å². The molecule has 2 aliphatic carbocycles. The molecule has 1 N–H and O–H groups in total. The fourth-order valence-electron chi connectivity index (χ4n) is 4.19. The number of carbonyl (C=O) groups excluding carboxylic acids is 1. The summed E-state index contributed by atoms with van der Waals surface area (Å²) in [5.74, 6) is -0.215. The van der Waals surface area contributed by atoms with E-state index in [2.05, 4.69) is 6.92 Å². The van der Waals surface area contributed by atoms with Crippen molar-refractivity contribution < 1.29 is 19.4 Å². The highest BCUT2D eigenvalue weighted by atomic mass is 16.6. The molecule has 1 saturated carbocycles. The van der Waals surface area contributed by atoms with Crippen molar-refractivity contribution in [2.24, 2.45) is 5.92 Å². The summed E-state index contributed by atoms with van der Waals surface area (Å²) < 4.78 is 11.3. The Morgan fingerprint density at radius 1 is 1.32 bits per heavy atom. The molecule has 4 rings (SSSR count). The average molecular weight is 262 g/mol. The third-order valence-electron chi connectivity index (χ3n) is 5.38. The quantitative estimate of drug-likeness (QED) is 0.408. The van der Waals surface area contributed by atoms with E-state index in [1.54, 1.807) is 0 Å². The molecule has 4 aliphatic rings. The molecule has 2 fully saturated rings. The van der Waals surface area contributed by atoms with Crippen LogP contribution in [0, 0.1) is 5.92 Å². The molecule has 0 unspecified atom stereocenters. The molecular weight excluding hydrogens is 244 g/mol. The van der Waals surface area contributed by atoms with E-state index >= 15 is 0 Å². The van der Waals surface area contributed by atoms with Gasteiger partial charge in [-0.15, -0.1) is 0 Å². The molecule has 4 heteroatoms. The molecule has 0 aromatic carbocycles. The first-order chi connectivity index (χ1) is 8.95. The van der Waals surface area contributed by atoms with Crippen molar-refractivity contribution >= 4 is 5.97 Å². The lowest BCUT2D eigenvalue weighted by Crippen LogP contribution is -2.33. The Morgan fingerprint density at radius 3 is 2.79 bits per heavy atom. The first-order valence-corrected chi connectivity index (χ1v) is 6.91. The van der Waals surface area contributed by atoms with Gasteiger partial charge in [-0.3, -0.25) is 0 Å². The Hall–Kier alpha value is -1.13. The summed E-state index contributed by atoms with van der Waals surface area (Å²) in [6.07, 6.45) is 0.856. The standard InChI is InChI=1S/C15H18O4/c1-6-4-5-8-7(2)14(17)18-12(8)10-9(6)11(16)13-15(10,3)19-13/h10-13,16H,4-5H2,1-3H3/t10-,11-,12-,13-,15+/m1/s1. The van der Waals surface area contributed by atoms with Crippen molar-refractivity contribution in [2.45, 2.75) is 57.5 Å². The summed E-state index contributed by atoms with van der Waals surface area (Å²) >= 11 is 0. The molecule has 5 atom stereocenters. The van der Waals surface area contributed by atoms with Crippen LogP contribution in [0.5, 0.6) is 0 Å². The second-order valence-corrected chi connectivity index (χ2v) is 6.36. The number of fused-ring (bicyclic) bond motifs is 5. The fourth-order valence-corrected chi connectivity index (χ4v) is 4.19. The number of allylic oxidation sites excluding steroid dienone is 1. The number of carbonyl (C=O) groups is 1. The van der Waals surface area contributed by atoms with Gasteiger partial charge in [0.25, 0.3) is 0 Å². The minimum Gasteiger partial charge on any atom is -0.454 e. The van der Waals surface area contributed by atoms with E-state index in [-0.39, 0.29) is 29.7 Å². The van der Waals surface area contributed by atoms with Gasteiger partial charge in [-0.1, -0.05) is 5.57 Å². The number of hydrogen-bond donors (Lipinski definition) is 1. The lowest BCUT2D eigenvalue weighted by molar-refractivity contribution is -0.142. The van der Waals surface area contributed by atoms with E-state index < -0.39 is 6.10 Å². The topological polar surface area (TPSA) is 59.1 Å². The van der Waals surface area contributed by atoms with Crippen LogP contribution in [0.3, 0.4) is 0 Å². The number of aliphatic hydroxyl groups excluding tert-OH is 1. The fraction of sp³-hybridized carbons (Fsp3) is 0.667. The van der Waals surface area contributed by atoms with Gasteiger partial charge in [0.1, 0.15) is 23.9 Å². The number of aliphatic hydroxyl groups is 1. The lowest BCUT2D eigenvalue weighted by atomic mass is 9.84. The van der Waals surface area contributed by atoms with Crippen LogP contribution in [-0.2, 0) is 14.3 Å². The Bertz CT molecular complexity index is 558. The number of esters is 1. The first kappa shape index (κ1) is 11.7. The minimum atomic E-state index is -0.533. The van der Waals surface area contributed by atoms with Crippen LogP contribution in [0.25, 0.3) is 0 Å². The van der Waals surface area contributed by atoms with Gasteiger partial charge in [-0.05, 0) is 44.8 Å². The van der Waals surface area contributed by atoms with E-state index in [1.807, 2.05) is 13.8 Å². The molecule has 0 aromatic rings. The summed E-state index contributed by atoms with van der Waals surface area (Å²) in [5, 5.41) is 10.4. The van der Waals surface area contributed by atoms with Crippen molar-refractivity contribution in [3.63, 3.8) is 0 Å². The highest BCUT2D eigenvalue weighted by Crippen LogP contribution is 2.61. The first-order valence-electron chi connectivity index (χ1n) is 6.91. The van der Waals surface area contributed by atoms with Gasteiger partial charge in [0.2, 0.25) is 0 Å². The maximum atomic E-state index is 11.8. The maximum absolute atomic E-state index is 11.8. The summed E-state index contributed by atoms with van der Waals surface area (Å²) in [5.41, 5.74) is 3.79. The molecule has 0 spiro atoms. The van der Waals surface area contributed by atoms with Gasteiger partial charge in [0.15, 0.2) is 0 Å². The second-order valence-electron chi connectivity index (χ2n) is 6.36. The van der Waals surface area contributed by atoms with Crippen molar-refractivity contribution in [1.29, 1.82) is 0 Å². The predicted octanol–water partition coefficient (Wildman–Crippen LogP) is 1.49. The summed E-state index contributed by atoms with van der Waals surface area (Å²) in [6.45, 7) is 5.95. The largest absolute Gasteiger partial charge is 0.454 e.